The fourth-order valence-corrected chi connectivity index (χ4v) is 1.22. The lowest BCUT2D eigenvalue weighted by atomic mass is 10.2. The minimum Gasteiger partial charge on any atom is -0.424 e. The first kappa shape index (κ1) is 10.1. The van der Waals surface area contributed by atoms with Gasteiger partial charge in [0.2, 0.25) is 0 Å². The van der Waals surface area contributed by atoms with Gasteiger partial charge < -0.3 is 4.74 Å². The van der Waals surface area contributed by atoms with E-state index in [0.29, 0.717) is 11.4 Å². The van der Waals surface area contributed by atoms with E-state index in [9.17, 15) is 0 Å². The highest BCUT2D eigenvalue weighted by Crippen LogP contribution is 2.21. The van der Waals surface area contributed by atoms with Gasteiger partial charge in [0.1, 0.15) is 17.5 Å². The Balaban J connectivity index is 2.28. The summed E-state index contributed by atoms with van der Waals surface area (Å²) in [5, 5.41) is 8.69. The number of hydrogen-bond acceptors (Lipinski definition) is 4. The lowest BCUT2D eigenvalue weighted by molar-refractivity contribution is 0.438. The summed E-state index contributed by atoms with van der Waals surface area (Å²) in [6, 6.07) is 11.2. The maximum atomic E-state index is 8.69. The number of ether oxygens (including phenoxy) is 1. The van der Waals surface area contributed by atoms with Crippen LogP contribution in [0.2, 0.25) is 0 Å². The summed E-state index contributed by atoms with van der Waals surface area (Å²) in [4.78, 5) is 7.87. The van der Waals surface area contributed by atoms with Gasteiger partial charge in [-0.15, -0.1) is 0 Å². The van der Waals surface area contributed by atoms with Gasteiger partial charge in [-0.25, -0.2) is 4.98 Å². The largest absolute Gasteiger partial charge is 0.424 e. The van der Waals surface area contributed by atoms with E-state index in [1.54, 1.807) is 0 Å². The number of hydrogen-bond donors (Lipinski definition) is 0. The number of rotatable bonds is 2. The second-order valence-corrected chi connectivity index (χ2v) is 3.20. The molecular formula is C12H9N3O. The number of benzene rings is 1. The molecule has 1 heterocycles. The van der Waals surface area contributed by atoms with Crippen LogP contribution in [0.3, 0.4) is 0 Å². The zero-order valence-electron chi connectivity index (χ0n) is 8.71. The molecule has 16 heavy (non-hydrogen) atoms. The van der Waals surface area contributed by atoms with E-state index in [2.05, 4.69) is 9.97 Å². The third-order valence-electron chi connectivity index (χ3n) is 2.04. The average molecular weight is 211 g/mol. The molecule has 4 nitrogen and oxygen atoms in total. The van der Waals surface area contributed by atoms with Gasteiger partial charge in [-0.05, 0) is 24.6 Å². The van der Waals surface area contributed by atoms with Crippen molar-refractivity contribution in [3.63, 3.8) is 0 Å². The number of para-hydroxylation sites is 1. The Morgan fingerprint density at radius 2 is 2.06 bits per heavy atom. The van der Waals surface area contributed by atoms with Crippen LogP contribution in [0, 0.1) is 18.3 Å². The van der Waals surface area contributed by atoms with E-state index >= 15 is 0 Å². The number of aromatic nitrogens is 2. The Morgan fingerprint density at radius 3 is 2.81 bits per heavy atom. The molecule has 2 aromatic rings. The van der Waals surface area contributed by atoms with Crippen molar-refractivity contribution in [1.29, 1.82) is 5.26 Å². The van der Waals surface area contributed by atoms with Crippen molar-refractivity contribution < 1.29 is 4.74 Å². The Hall–Kier alpha value is -2.41. The smallest absolute Gasteiger partial charge is 0.323 e. The van der Waals surface area contributed by atoms with Crippen LogP contribution >= 0.6 is 0 Å². The minimum absolute atomic E-state index is 0.188. The molecule has 0 bridgehead atoms. The quantitative estimate of drug-likeness (QED) is 0.765. The summed E-state index contributed by atoms with van der Waals surface area (Å²) in [6.45, 7) is 1.93. The number of nitrogens with zero attached hydrogens (tertiary/aromatic N) is 3. The van der Waals surface area contributed by atoms with Gasteiger partial charge in [0, 0.05) is 6.20 Å². The van der Waals surface area contributed by atoms with Gasteiger partial charge in [-0.1, -0.05) is 18.2 Å². The first-order chi connectivity index (χ1) is 7.79. The third-order valence-corrected chi connectivity index (χ3v) is 2.04. The highest BCUT2D eigenvalue weighted by Gasteiger charge is 2.03. The molecule has 1 aromatic carbocycles. The zero-order valence-corrected chi connectivity index (χ0v) is 8.71. The van der Waals surface area contributed by atoms with Crippen molar-refractivity contribution in [2.75, 3.05) is 0 Å². The summed E-state index contributed by atoms with van der Waals surface area (Å²) in [5.74, 6) is 0.692. The molecule has 0 unspecified atom stereocenters. The highest BCUT2D eigenvalue weighted by atomic mass is 16.5. The van der Waals surface area contributed by atoms with E-state index in [1.807, 2.05) is 37.3 Å². The monoisotopic (exact) mass is 211 g/mol. The molecule has 0 spiro atoms. The number of nitriles is 1. The van der Waals surface area contributed by atoms with Crippen LogP contribution in [-0.2, 0) is 0 Å². The van der Waals surface area contributed by atoms with Crippen LogP contribution in [0.25, 0.3) is 0 Å². The normalized spacial score (nSPS) is 9.50. The molecule has 0 atom stereocenters. The van der Waals surface area contributed by atoms with Crippen LogP contribution in [0.5, 0.6) is 11.8 Å². The van der Waals surface area contributed by atoms with Gasteiger partial charge in [-0.3, -0.25) is 0 Å². The molecule has 1 aromatic heterocycles. The van der Waals surface area contributed by atoms with Gasteiger partial charge in [0.15, 0.2) is 0 Å². The lowest BCUT2D eigenvalue weighted by Crippen LogP contribution is -1.94. The predicted octanol–water partition coefficient (Wildman–Crippen LogP) is 2.45. The fraction of sp³-hybridized carbons (Fsp3) is 0.0833. The molecule has 0 saturated heterocycles. The van der Waals surface area contributed by atoms with Crippen LogP contribution in [0.15, 0.2) is 36.5 Å². The zero-order chi connectivity index (χ0) is 11.4. The van der Waals surface area contributed by atoms with E-state index < -0.39 is 0 Å². The highest BCUT2D eigenvalue weighted by molar-refractivity contribution is 5.34. The standard InChI is InChI=1S/C12H9N3O/c1-9-4-2-3-5-11(9)16-12-14-7-6-10(8-13)15-12/h2-7H,1H3. The van der Waals surface area contributed by atoms with Crippen molar-refractivity contribution in [1.82, 2.24) is 9.97 Å². The lowest BCUT2D eigenvalue weighted by Gasteiger charge is -2.05. The Kier molecular flexibility index (Phi) is 2.79. The average Bonchev–Trinajstić information content (AvgIpc) is 2.32. The van der Waals surface area contributed by atoms with Crippen LogP contribution in [0.4, 0.5) is 0 Å². The molecule has 0 saturated carbocycles. The van der Waals surface area contributed by atoms with Gasteiger partial charge >= 0.3 is 6.01 Å². The maximum Gasteiger partial charge on any atom is 0.323 e. The van der Waals surface area contributed by atoms with E-state index in [0.717, 1.165) is 5.56 Å². The maximum absolute atomic E-state index is 8.69. The van der Waals surface area contributed by atoms with Crippen molar-refractivity contribution >= 4 is 0 Å². The topological polar surface area (TPSA) is 58.8 Å². The first-order valence-corrected chi connectivity index (χ1v) is 4.76. The molecule has 4 heteroatoms. The van der Waals surface area contributed by atoms with Crippen LogP contribution in [-0.4, -0.2) is 9.97 Å². The van der Waals surface area contributed by atoms with Crippen molar-refractivity contribution in [3.8, 4) is 17.8 Å². The fourth-order valence-electron chi connectivity index (χ4n) is 1.22. The second-order valence-electron chi connectivity index (χ2n) is 3.20. The van der Waals surface area contributed by atoms with Crippen LogP contribution < -0.4 is 4.74 Å². The molecule has 0 N–H and O–H groups in total. The third kappa shape index (κ3) is 2.15. The molecule has 0 fully saturated rings. The van der Waals surface area contributed by atoms with E-state index in [4.69, 9.17) is 10.00 Å². The van der Waals surface area contributed by atoms with Crippen molar-refractivity contribution in [3.05, 3.63) is 47.8 Å². The molecule has 0 aliphatic rings. The van der Waals surface area contributed by atoms with Gasteiger partial charge in [0.25, 0.3) is 0 Å². The Bertz CT molecular complexity index is 546. The van der Waals surface area contributed by atoms with Gasteiger partial charge in [-0.2, -0.15) is 10.2 Å². The minimum atomic E-state index is 0.188. The van der Waals surface area contributed by atoms with E-state index in [-0.39, 0.29) is 6.01 Å². The van der Waals surface area contributed by atoms with E-state index in [1.165, 1.54) is 12.3 Å². The Morgan fingerprint density at radius 1 is 1.25 bits per heavy atom. The predicted molar refractivity (Wildman–Crippen MR) is 58.0 cm³/mol. The molecule has 0 aliphatic carbocycles. The second kappa shape index (κ2) is 4.41. The summed E-state index contributed by atoms with van der Waals surface area (Å²) in [6.07, 6.45) is 1.50. The SMILES string of the molecule is Cc1ccccc1Oc1nccc(C#N)n1. The Labute approximate surface area is 93.2 Å². The molecule has 0 aliphatic heterocycles. The van der Waals surface area contributed by atoms with Crippen molar-refractivity contribution in [2.24, 2.45) is 0 Å². The van der Waals surface area contributed by atoms with Gasteiger partial charge in [0.05, 0.1) is 0 Å². The molecule has 78 valence electrons. The first-order valence-electron chi connectivity index (χ1n) is 4.76. The summed E-state index contributed by atoms with van der Waals surface area (Å²) < 4.78 is 5.48. The number of aryl methyl sites for hydroxylation is 1. The molecule has 0 radical (unpaired) electrons. The van der Waals surface area contributed by atoms with Crippen molar-refractivity contribution in [2.45, 2.75) is 6.92 Å². The molecule has 0 amide bonds. The molecular weight excluding hydrogens is 202 g/mol. The summed E-state index contributed by atoms with van der Waals surface area (Å²) >= 11 is 0. The molecule has 2 rings (SSSR count). The summed E-state index contributed by atoms with van der Waals surface area (Å²) in [5.41, 5.74) is 1.28. The van der Waals surface area contributed by atoms with Crippen LogP contribution in [0.1, 0.15) is 11.3 Å². The summed E-state index contributed by atoms with van der Waals surface area (Å²) in [7, 11) is 0.